The molecule has 6 nitrogen and oxygen atoms in total. The maximum absolute atomic E-state index is 13.3. The summed E-state index contributed by atoms with van der Waals surface area (Å²) >= 11 is 0. The van der Waals surface area contributed by atoms with Gasteiger partial charge in [0.05, 0.1) is 5.56 Å². The standard InChI is InChI=1S/C23H30F3N3O3/c1-6-7-12-29-19(14-18(28(29)5)22(2,3)4)27-21(32)17-13-16(23(24,25)26)10-8-15(17)9-11-20(30)31/h8,10,13-14H,6-7,9,11-12H2,1-5H3,(H,30,31)/b27-19+. The zero-order chi connectivity index (χ0) is 24.3. The van der Waals surface area contributed by atoms with Crippen LogP contribution in [0.5, 0.6) is 0 Å². The van der Waals surface area contributed by atoms with Crippen molar-refractivity contribution >= 4 is 11.9 Å². The van der Waals surface area contributed by atoms with E-state index in [1.165, 1.54) is 0 Å². The minimum atomic E-state index is -4.63. The van der Waals surface area contributed by atoms with Gasteiger partial charge in [0.1, 0.15) is 0 Å². The van der Waals surface area contributed by atoms with Crippen LogP contribution in [0.15, 0.2) is 29.3 Å². The van der Waals surface area contributed by atoms with Gasteiger partial charge in [0, 0.05) is 42.8 Å². The SMILES string of the molecule is CCCCn1/c(=N/C(=O)c2cc(C(F)(F)F)ccc2CCC(=O)O)cc(C(C)(C)C)n1C. The number of alkyl halides is 3. The lowest BCUT2D eigenvalue weighted by Gasteiger charge is -2.20. The number of aryl methyl sites for hydroxylation is 1. The van der Waals surface area contributed by atoms with Crippen LogP contribution >= 0.6 is 0 Å². The molecule has 0 atom stereocenters. The summed E-state index contributed by atoms with van der Waals surface area (Å²) in [4.78, 5) is 28.2. The third-order valence-corrected chi connectivity index (χ3v) is 5.22. The van der Waals surface area contributed by atoms with Crippen molar-refractivity contribution in [2.45, 2.75) is 71.5 Å². The molecular formula is C23H30F3N3O3. The van der Waals surface area contributed by atoms with E-state index in [0.29, 0.717) is 12.0 Å². The molecule has 0 bridgehead atoms. The Labute approximate surface area is 185 Å². The van der Waals surface area contributed by atoms with Crippen molar-refractivity contribution in [1.29, 1.82) is 0 Å². The summed E-state index contributed by atoms with van der Waals surface area (Å²) in [5.74, 6) is -1.93. The molecule has 0 aliphatic heterocycles. The number of carboxylic acid groups (broad SMARTS) is 1. The predicted molar refractivity (Wildman–Crippen MR) is 114 cm³/mol. The van der Waals surface area contributed by atoms with E-state index in [1.807, 2.05) is 44.1 Å². The van der Waals surface area contributed by atoms with Gasteiger partial charge < -0.3 is 5.11 Å². The topological polar surface area (TPSA) is 76.6 Å². The van der Waals surface area contributed by atoms with E-state index < -0.39 is 23.6 Å². The lowest BCUT2D eigenvalue weighted by molar-refractivity contribution is -0.138. The maximum Gasteiger partial charge on any atom is 0.416 e. The summed E-state index contributed by atoms with van der Waals surface area (Å²) in [7, 11) is 1.86. The Kier molecular flexibility index (Phi) is 7.74. The number of halogens is 3. The van der Waals surface area contributed by atoms with E-state index in [2.05, 4.69) is 4.99 Å². The molecule has 176 valence electrons. The molecule has 0 unspecified atom stereocenters. The molecule has 1 N–H and O–H groups in total. The molecule has 0 saturated heterocycles. The van der Waals surface area contributed by atoms with Crippen molar-refractivity contribution in [3.8, 4) is 0 Å². The number of carboxylic acids is 1. The zero-order valence-electron chi connectivity index (χ0n) is 19.1. The normalized spacial score (nSPS) is 12.9. The van der Waals surface area contributed by atoms with E-state index in [0.717, 1.165) is 36.7 Å². The van der Waals surface area contributed by atoms with Crippen LogP contribution in [-0.2, 0) is 36.4 Å². The van der Waals surface area contributed by atoms with Gasteiger partial charge in [-0.1, -0.05) is 40.2 Å². The molecule has 1 aromatic heterocycles. The number of hydrogen-bond acceptors (Lipinski definition) is 2. The van der Waals surface area contributed by atoms with Crippen LogP contribution in [0.2, 0.25) is 0 Å². The monoisotopic (exact) mass is 453 g/mol. The first-order valence-corrected chi connectivity index (χ1v) is 10.5. The number of benzene rings is 1. The molecule has 2 aromatic rings. The number of rotatable bonds is 7. The molecule has 0 radical (unpaired) electrons. The van der Waals surface area contributed by atoms with Crippen LogP contribution < -0.4 is 5.49 Å². The number of carbonyl (C=O) groups is 2. The summed E-state index contributed by atoms with van der Waals surface area (Å²) in [5.41, 5.74) is 0.0678. The second-order valence-corrected chi connectivity index (χ2v) is 8.82. The van der Waals surface area contributed by atoms with Crippen LogP contribution in [0.25, 0.3) is 0 Å². The number of carbonyl (C=O) groups excluding carboxylic acids is 1. The Bertz CT molecular complexity index is 1060. The van der Waals surface area contributed by atoms with Crippen LogP contribution in [0, 0.1) is 0 Å². The fraction of sp³-hybridized carbons (Fsp3) is 0.522. The molecule has 0 fully saturated rings. The van der Waals surface area contributed by atoms with Crippen LogP contribution in [0.4, 0.5) is 13.2 Å². The van der Waals surface area contributed by atoms with Gasteiger partial charge in [0.2, 0.25) is 0 Å². The summed E-state index contributed by atoms with van der Waals surface area (Å²) < 4.78 is 43.5. The molecule has 1 heterocycles. The van der Waals surface area contributed by atoms with Gasteiger partial charge in [-0.3, -0.25) is 19.0 Å². The van der Waals surface area contributed by atoms with Crippen molar-refractivity contribution in [1.82, 2.24) is 9.36 Å². The smallest absolute Gasteiger partial charge is 0.416 e. The summed E-state index contributed by atoms with van der Waals surface area (Å²) in [6, 6.07) is 4.55. The van der Waals surface area contributed by atoms with Gasteiger partial charge in [-0.15, -0.1) is 0 Å². The van der Waals surface area contributed by atoms with Gasteiger partial charge in [-0.2, -0.15) is 18.2 Å². The van der Waals surface area contributed by atoms with Crippen LogP contribution in [0.1, 0.15) is 74.1 Å². The molecule has 32 heavy (non-hydrogen) atoms. The third kappa shape index (κ3) is 6.11. The number of nitrogens with zero attached hydrogens (tertiary/aromatic N) is 3. The average molecular weight is 454 g/mol. The lowest BCUT2D eigenvalue weighted by atomic mass is 9.92. The Hall–Kier alpha value is -2.84. The first-order chi connectivity index (χ1) is 14.8. The quantitative estimate of drug-likeness (QED) is 0.660. The number of amides is 1. The van der Waals surface area contributed by atoms with Gasteiger partial charge in [0.15, 0.2) is 5.49 Å². The molecule has 9 heteroatoms. The van der Waals surface area contributed by atoms with Gasteiger partial charge in [-0.25, -0.2) is 0 Å². The highest BCUT2D eigenvalue weighted by Crippen LogP contribution is 2.31. The van der Waals surface area contributed by atoms with Crippen molar-refractivity contribution in [3.05, 3.63) is 52.1 Å². The Morgan fingerprint density at radius 1 is 1.12 bits per heavy atom. The van der Waals surface area contributed by atoms with Crippen molar-refractivity contribution in [2.24, 2.45) is 12.0 Å². The van der Waals surface area contributed by atoms with E-state index in [1.54, 1.807) is 6.07 Å². The number of aliphatic carboxylic acids is 1. The zero-order valence-corrected chi connectivity index (χ0v) is 19.1. The fourth-order valence-electron chi connectivity index (χ4n) is 3.51. The first-order valence-electron chi connectivity index (χ1n) is 10.5. The Balaban J connectivity index is 2.64. The van der Waals surface area contributed by atoms with Crippen LogP contribution in [-0.4, -0.2) is 26.3 Å². The molecule has 0 saturated carbocycles. The third-order valence-electron chi connectivity index (χ3n) is 5.22. The van der Waals surface area contributed by atoms with E-state index in [9.17, 15) is 22.8 Å². The predicted octanol–water partition coefficient (Wildman–Crippen LogP) is 4.70. The van der Waals surface area contributed by atoms with Gasteiger partial charge in [0.25, 0.3) is 5.91 Å². The molecule has 0 spiro atoms. The molecule has 0 aliphatic carbocycles. The average Bonchev–Trinajstić information content (AvgIpc) is 2.99. The highest BCUT2D eigenvalue weighted by Gasteiger charge is 2.32. The minimum Gasteiger partial charge on any atom is -0.481 e. The number of aromatic nitrogens is 2. The molecule has 0 aliphatic rings. The van der Waals surface area contributed by atoms with Crippen molar-refractivity contribution in [3.63, 3.8) is 0 Å². The second-order valence-electron chi connectivity index (χ2n) is 8.82. The first kappa shape index (κ1) is 25.4. The van der Waals surface area contributed by atoms with E-state index >= 15 is 0 Å². The Morgan fingerprint density at radius 3 is 2.31 bits per heavy atom. The summed E-state index contributed by atoms with van der Waals surface area (Å²) in [6.07, 6.45) is -3.24. The van der Waals surface area contributed by atoms with E-state index in [4.69, 9.17) is 5.11 Å². The minimum absolute atomic E-state index is 0.0675. The van der Waals surface area contributed by atoms with Crippen molar-refractivity contribution in [2.75, 3.05) is 0 Å². The molecular weight excluding hydrogens is 423 g/mol. The summed E-state index contributed by atoms with van der Waals surface area (Å²) in [6.45, 7) is 8.70. The highest BCUT2D eigenvalue weighted by molar-refractivity contribution is 5.96. The Morgan fingerprint density at radius 2 is 1.78 bits per heavy atom. The van der Waals surface area contributed by atoms with E-state index in [-0.39, 0.29) is 29.4 Å². The number of unbranched alkanes of at least 4 members (excludes halogenated alkanes) is 1. The van der Waals surface area contributed by atoms with Crippen LogP contribution in [0.3, 0.4) is 0 Å². The number of hydrogen-bond donors (Lipinski definition) is 1. The summed E-state index contributed by atoms with van der Waals surface area (Å²) in [5, 5.41) is 8.96. The van der Waals surface area contributed by atoms with Crippen molar-refractivity contribution < 1.29 is 27.9 Å². The highest BCUT2D eigenvalue weighted by atomic mass is 19.4. The molecule has 1 amide bonds. The largest absolute Gasteiger partial charge is 0.481 e. The van der Waals surface area contributed by atoms with Gasteiger partial charge >= 0.3 is 12.1 Å². The van der Waals surface area contributed by atoms with Gasteiger partial charge in [-0.05, 0) is 30.5 Å². The maximum atomic E-state index is 13.3. The second kappa shape index (κ2) is 9.75. The fourth-order valence-corrected chi connectivity index (χ4v) is 3.51. The lowest BCUT2D eigenvalue weighted by Crippen LogP contribution is -2.25. The molecule has 1 aromatic carbocycles. The molecule has 2 rings (SSSR count).